The van der Waals surface area contributed by atoms with Crippen LogP contribution in [0.1, 0.15) is 21.7 Å². The Hall–Kier alpha value is -2.35. The zero-order valence-electron chi connectivity index (χ0n) is 12.7. The largest absolute Gasteiger partial charge is 0.352 e. The minimum Gasteiger partial charge on any atom is -0.352 e. The van der Waals surface area contributed by atoms with E-state index in [0.29, 0.717) is 37.2 Å². The number of nitrogens with zero attached hydrogens (tertiary/aromatic N) is 2. The number of hydrogen-bond acceptors (Lipinski definition) is 4. The Labute approximate surface area is 134 Å². The minimum atomic E-state index is -3.27. The van der Waals surface area contributed by atoms with Crippen molar-refractivity contribution < 1.29 is 13.2 Å². The highest BCUT2D eigenvalue weighted by molar-refractivity contribution is 7.92. The normalized spacial score (nSPS) is 13.9. The number of aromatic nitrogens is 2. The number of rotatable bonds is 5. The third-order valence-corrected chi connectivity index (χ3v) is 4.98. The first kappa shape index (κ1) is 15.5. The van der Waals surface area contributed by atoms with Gasteiger partial charge in [-0.25, -0.2) is 13.4 Å². The molecule has 1 amide bonds. The number of fused-ring (bicyclic) bond motifs is 1. The molecule has 0 radical (unpaired) electrons. The van der Waals surface area contributed by atoms with E-state index in [1.165, 1.54) is 10.6 Å². The molecule has 1 aromatic heterocycles. The number of aromatic amines is 1. The molecule has 23 heavy (non-hydrogen) atoms. The monoisotopic (exact) mass is 334 g/mol. The molecule has 2 N–H and O–H groups in total. The maximum Gasteiger partial charge on any atom is 0.251 e. The molecule has 0 saturated carbocycles. The highest BCUT2D eigenvalue weighted by Gasteiger charge is 2.26. The van der Waals surface area contributed by atoms with Crippen molar-refractivity contribution in [1.82, 2.24) is 15.3 Å². The van der Waals surface area contributed by atoms with Gasteiger partial charge >= 0.3 is 0 Å². The van der Waals surface area contributed by atoms with Crippen molar-refractivity contribution in [1.29, 1.82) is 0 Å². The van der Waals surface area contributed by atoms with Crippen LogP contribution in [0.2, 0.25) is 0 Å². The van der Waals surface area contributed by atoms with E-state index in [-0.39, 0.29) is 5.91 Å². The van der Waals surface area contributed by atoms with Crippen LogP contribution in [0, 0.1) is 0 Å². The van der Waals surface area contributed by atoms with Crippen molar-refractivity contribution in [2.45, 2.75) is 12.8 Å². The smallest absolute Gasteiger partial charge is 0.251 e. The molecule has 7 nitrogen and oxygen atoms in total. The fourth-order valence-electron chi connectivity index (χ4n) is 2.69. The van der Waals surface area contributed by atoms with Gasteiger partial charge in [0.15, 0.2) is 0 Å². The van der Waals surface area contributed by atoms with Crippen molar-refractivity contribution in [2.75, 3.05) is 23.7 Å². The lowest BCUT2D eigenvalue weighted by atomic mass is 10.1. The molecular formula is C15H18N4O3S. The number of carbonyl (C=O) groups excluding carboxylic acids is 1. The van der Waals surface area contributed by atoms with Crippen LogP contribution in [0.25, 0.3) is 0 Å². The van der Waals surface area contributed by atoms with E-state index >= 15 is 0 Å². The molecule has 0 bridgehead atoms. The Kier molecular flexibility index (Phi) is 4.08. The Morgan fingerprint density at radius 1 is 1.43 bits per heavy atom. The third kappa shape index (κ3) is 3.37. The summed E-state index contributed by atoms with van der Waals surface area (Å²) >= 11 is 0. The fourth-order valence-corrected chi connectivity index (χ4v) is 3.65. The quantitative estimate of drug-likeness (QED) is 0.841. The number of benzene rings is 1. The fraction of sp³-hybridized carbons (Fsp3) is 0.333. The van der Waals surface area contributed by atoms with Crippen LogP contribution in [0.3, 0.4) is 0 Å². The average Bonchev–Trinajstić information content (AvgIpc) is 3.14. The second-order valence-corrected chi connectivity index (χ2v) is 7.38. The van der Waals surface area contributed by atoms with E-state index in [4.69, 9.17) is 0 Å². The highest BCUT2D eigenvalue weighted by Crippen LogP contribution is 2.30. The number of anilines is 1. The van der Waals surface area contributed by atoms with Crippen molar-refractivity contribution in [3.05, 3.63) is 47.5 Å². The summed E-state index contributed by atoms with van der Waals surface area (Å²) in [6.45, 7) is 0.913. The summed E-state index contributed by atoms with van der Waals surface area (Å²) in [7, 11) is -3.27. The summed E-state index contributed by atoms with van der Waals surface area (Å²) < 4.78 is 24.8. The van der Waals surface area contributed by atoms with Crippen LogP contribution in [0.15, 0.2) is 30.6 Å². The predicted molar refractivity (Wildman–Crippen MR) is 87.0 cm³/mol. The number of H-pyrrole nitrogens is 1. The summed E-state index contributed by atoms with van der Waals surface area (Å²) in [5.74, 6) is 0.653. The number of sulfonamides is 1. The molecule has 0 saturated heterocycles. The van der Waals surface area contributed by atoms with E-state index in [2.05, 4.69) is 15.3 Å². The van der Waals surface area contributed by atoms with E-state index in [1.807, 2.05) is 0 Å². The van der Waals surface area contributed by atoms with Gasteiger partial charge in [0, 0.05) is 37.5 Å². The Bertz CT molecular complexity index is 815. The second kappa shape index (κ2) is 6.04. The Balaban J connectivity index is 1.66. The summed E-state index contributed by atoms with van der Waals surface area (Å²) in [5.41, 5.74) is 2.09. The number of nitrogens with one attached hydrogen (secondary N) is 2. The predicted octanol–water partition coefficient (Wildman–Crippen LogP) is 0.704. The second-order valence-electron chi connectivity index (χ2n) is 5.47. The summed E-state index contributed by atoms with van der Waals surface area (Å²) in [5, 5.41) is 2.84. The Morgan fingerprint density at radius 2 is 2.26 bits per heavy atom. The van der Waals surface area contributed by atoms with E-state index < -0.39 is 10.0 Å². The van der Waals surface area contributed by atoms with E-state index in [0.717, 1.165) is 11.4 Å². The SMILES string of the molecule is CS(=O)(=O)N1CCc2cc(C(=O)NCCc3ncc[nH]3)ccc21. The van der Waals surface area contributed by atoms with Gasteiger partial charge in [0.1, 0.15) is 5.82 Å². The molecule has 122 valence electrons. The molecule has 0 unspecified atom stereocenters. The standard InChI is InChI=1S/C15H18N4O3S/c1-23(21,22)19-9-5-11-10-12(2-3-13(11)19)15(20)18-6-4-14-16-7-8-17-14/h2-3,7-8,10H,4-6,9H2,1H3,(H,16,17)(H,18,20). The van der Waals surface area contributed by atoms with E-state index in [1.54, 1.807) is 30.6 Å². The molecule has 1 aliphatic rings. The zero-order chi connectivity index (χ0) is 16.4. The highest BCUT2D eigenvalue weighted by atomic mass is 32.2. The number of carbonyl (C=O) groups is 1. The van der Waals surface area contributed by atoms with Crippen LogP contribution in [0.4, 0.5) is 5.69 Å². The maximum atomic E-state index is 12.2. The first-order valence-electron chi connectivity index (χ1n) is 7.32. The molecule has 0 spiro atoms. The molecule has 1 aliphatic heterocycles. The molecule has 2 aromatic rings. The van der Waals surface area contributed by atoms with Crippen LogP contribution in [-0.2, 0) is 22.9 Å². The molecule has 1 aromatic carbocycles. The van der Waals surface area contributed by atoms with Gasteiger partial charge in [-0.1, -0.05) is 0 Å². The van der Waals surface area contributed by atoms with Crippen LogP contribution in [0.5, 0.6) is 0 Å². The summed E-state index contributed by atoms with van der Waals surface area (Å²) in [6, 6.07) is 5.12. The van der Waals surface area contributed by atoms with Gasteiger partial charge in [-0.2, -0.15) is 0 Å². The van der Waals surface area contributed by atoms with Crippen LogP contribution in [-0.4, -0.2) is 43.6 Å². The number of amides is 1. The molecule has 0 aliphatic carbocycles. The van der Waals surface area contributed by atoms with Gasteiger partial charge < -0.3 is 10.3 Å². The summed E-state index contributed by atoms with van der Waals surface area (Å²) in [6.07, 6.45) is 5.86. The van der Waals surface area contributed by atoms with Crippen molar-refractivity contribution in [2.24, 2.45) is 0 Å². The lowest BCUT2D eigenvalue weighted by Crippen LogP contribution is -2.27. The first-order valence-corrected chi connectivity index (χ1v) is 9.17. The van der Waals surface area contributed by atoms with E-state index in [9.17, 15) is 13.2 Å². The average molecular weight is 334 g/mol. The van der Waals surface area contributed by atoms with Gasteiger partial charge in [0.2, 0.25) is 10.0 Å². The van der Waals surface area contributed by atoms with Crippen molar-refractivity contribution >= 4 is 21.6 Å². The molecule has 2 heterocycles. The van der Waals surface area contributed by atoms with Gasteiger partial charge in [-0.3, -0.25) is 9.10 Å². The summed E-state index contributed by atoms with van der Waals surface area (Å²) in [4.78, 5) is 19.3. The number of imidazole rings is 1. The first-order chi connectivity index (χ1) is 10.9. The lowest BCUT2D eigenvalue weighted by molar-refractivity contribution is 0.0954. The van der Waals surface area contributed by atoms with Crippen molar-refractivity contribution in [3.63, 3.8) is 0 Å². The van der Waals surface area contributed by atoms with Gasteiger partial charge in [0.25, 0.3) is 5.91 Å². The zero-order valence-corrected chi connectivity index (χ0v) is 13.6. The van der Waals surface area contributed by atoms with Crippen LogP contribution >= 0.6 is 0 Å². The molecule has 8 heteroatoms. The topological polar surface area (TPSA) is 95.2 Å². The molecule has 3 rings (SSSR count). The number of hydrogen-bond donors (Lipinski definition) is 2. The van der Waals surface area contributed by atoms with Gasteiger partial charge in [-0.05, 0) is 30.2 Å². The molecule has 0 fully saturated rings. The molecule has 0 atom stereocenters. The maximum absolute atomic E-state index is 12.2. The lowest BCUT2D eigenvalue weighted by Gasteiger charge is -2.16. The van der Waals surface area contributed by atoms with Gasteiger partial charge in [0.05, 0.1) is 11.9 Å². The third-order valence-electron chi connectivity index (χ3n) is 3.80. The molecular weight excluding hydrogens is 316 g/mol. The van der Waals surface area contributed by atoms with Crippen molar-refractivity contribution in [3.8, 4) is 0 Å². The van der Waals surface area contributed by atoms with Crippen LogP contribution < -0.4 is 9.62 Å². The van der Waals surface area contributed by atoms with Gasteiger partial charge in [-0.15, -0.1) is 0 Å². The Morgan fingerprint density at radius 3 is 2.96 bits per heavy atom. The minimum absolute atomic E-state index is 0.169.